The van der Waals surface area contributed by atoms with Crippen molar-refractivity contribution in [3.63, 3.8) is 0 Å². The highest BCUT2D eigenvalue weighted by Gasteiger charge is 2.30. The van der Waals surface area contributed by atoms with Crippen molar-refractivity contribution >= 4 is 48.3 Å². The molecule has 1 aromatic carbocycles. The van der Waals surface area contributed by atoms with E-state index in [0.717, 1.165) is 20.6 Å². The Hall–Kier alpha value is -1.29. The summed E-state index contributed by atoms with van der Waals surface area (Å²) in [4.78, 5) is 18.2. The van der Waals surface area contributed by atoms with Crippen LogP contribution in [0.4, 0.5) is 5.13 Å². The Morgan fingerprint density at radius 3 is 2.52 bits per heavy atom. The van der Waals surface area contributed by atoms with E-state index in [9.17, 15) is 13.2 Å². The SMILES string of the molecule is CCS(=O)(=O)N1CCC(C(=O)Nc2nc(-c3ccc(Br)cc3)c(C)s2)CC1. The standard InChI is InChI=1S/C18H22BrN3O3S2/c1-3-27(24,25)22-10-8-14(9-11-22)17(23)21-18-20-16(12(2)26-18)13-4-6-15(19)7-5-13/h4-7,14H,3,8-11H2,1-2H3,(H,20,21,23). The van der Waals surface area contributed by atoms with Crippen LogP contribution in [0.15, 0.2) is 28.7 Å². The maximum Gasteiger partial charge on any atom is 0.229 e. The summed E-state index contributed by atoms with van der Waals surface area (Å²) in [5, 5.41) is 3.50. The van der Waals surface area contributed by atoms with Gasteiger partial charge in [0.1, 0.15) is 0 Å². The maximum absolute atomic E-state index is 12.6. The number of aromatic nitrogens is 1. The third kappa shape index (κ3) is 4.77. The fraction of sp³-hybridized carbons (Fsp3) is 0.444. The number of halogens is 1. The molecule has 0 atom stereocenters. The molecule has 3 rings (SSSR count). The normalized spacial score (nSPS) is 16.4. The molecule has 9 heteroatoms. The van der Waals surface area contributed by atoms with Crippen molar-refractivity contribution in [1.29, 1.82) is 0 Å². The number of carbonyl (C=O) groups is 1. The average molecular weight is 472 g/mol. The van der Waals surface area contributed by atoms with Crippen LogP contribution in [-0.4, -0.2) is 42.5 Å². The van der Waals surface area contributed by atoms with Crippen molar-refractivity contribution in [2.45, 2.75) is 26.7 Å². The van der Waals surface area contributed by atoms with Crippen LogP contribution in [0, 0.1) is 12.8 Å². The first-order chi connectivity index (χ1) is 12.8. The van der Waals surface area contributed by atoms with E-state index in [1.54, 1.807) is 6.92 Å². The largest absolute Gasteiger partial charge is 0.302 e. The quantitative estimate of drug-likeness (QED) is 0.717. The van der Waals surface area contributed by atoms with Gasteiger partial charge in [-0.2, -0.15) is 0 Å². The van der Waals surface area contributed by atoms with E-state index in [2.05, 4.69) is 26.2 Å². The molecule has 0 unspecified atom stereocenters. The van der Waals surface area contributed by atoms with E-state index >= 15 is 0 Å². The minimum absolute atomic E-state index is 0.0837. The first kappa shape index (κ1) is 20.4. The Kier molecular flexibility index (Phi) is 6.35. The molecule has 1 aliphatic rings. The second-order valence-electron chi connectivity index (χ2n) is 6.49. The Labute approximate surface area is 172 Å². The monoisotopic (exact) mass is 471 g/mol. The molecule has 0 spiro atoms. The third-order valence-corrected chi connectivity index (χ3v) is 8.02. The van der Waals surface area contributed by atoms with Gasteiger partial charge in [-0.1, -0.05) is 28.1 Å². The van der Waals surface area contributed by atoms with Crippen molar-refractivity contribution < 1.29 is 13.2 Å². The topological polar surface area (TPSA) is 79.4 Å². The Morgan fingerprint density at radius 1 is 1.30 bits per heavy atom. The average Bonchev–Trinajstić information content (AvgIpc) is 3.02. The van der Waals surface area contributed by atoms with Gasteiger partial charge in [-0.15, -0.1) is 11.3 Å². The first-order valence-corrected chi connectivity index (χ1v) is 12.0. The van der Waals surface area contributed by atoms with E-state index in [0.29, 0.717) is 31.1 Å². The summed E-state index contributed by atoms with van der Waals surface area (Å²) in [6.07, 6.45) is 1.07. The van der Waals surface area contributed by atoms with Crippen molar-refractivity contribution in [2.75, 3.05) is 24.2 Å². The Bertz CT molecular complexity index is 918. The van der Waals surface area contributed by atoms with Gasteiger partial charge in [0.2, 0.25) is 15.9 Å². The Balaban J connectivity index is 1.64. The molecule has 1 fully saturated rings. The molecule has 0 bridgehead atoms. The lowest BCUT2D eigenvalue weighted by Crippen LogP contribution is -2.42. The number of sulfonamides is 1. The fourth-order valence-electron chi connectivity index (χ4n) is 3.11. The molecule has 1 saturated heterocycles. The summed E-state index contributed by atoms with van der Waals surface area (Å²) in [5.74, 6) is -0.172. The number of rotatable bonds is 5. The zero-order valence-corrected chi connectivity index (χ0v) is 18.5. The predicted octanol–water partition coefficient (Wildman–Crippen LogP) is 3.88. The number of piperidine rings is 1. The highest BCUT2D eigenvalue weighted by atomic mass is 79.9. The van der Waals surface area contributed by atoms with Crippen LogP contribution in [0.25, 0.3) is 11.3 Å². The number of benzene rings is 1. The number of anilines is 1. The molecule has 146 valence electrons. The Morgan fingerprint density at radius 2 is 1.93 bits per heavy atom. The van der Waals surface area contributed by atoms with Crippen LogP contribution in [0.3, 0.4) is 0 Å². The number of nitrogens with zero attached hydrogens (tertiary/aromatic N) is 2. The number of nitrogens with one attached hydrogen (secondary N) is 1. The van der Waals surface area contributed by atoms with E-state index < -0.39 is 10.0 Å². The van der Waals surface area contributed by atoms with Crippen LogP contribution < -0.4 is 5.32 Å². The smallest absolute Gasteiger partial charge is 0.229 e. The minimum Gasteiger partial charge on any atom is -0.302 e. The van der Waals surface area contributed by atoms with Gasteiger partial charge >= 0.3 is 0 Å². The van der Waals surface area contributed by atoms with Crippen LogP contribution in [0.2, 0.25) is 0 Å². The molecular formula is C18H22BrN3O3S2. The summed E-state index contributed by atoms with van der Waals surface area (Å²) in [5.41, 5.74) is 1.87. The third-order valence-electron chi connectivity index (χ3n) is 4.73. The summed E-state index contributed by atoms with van der Waals surface area (Å²) < 4.78 is 26.3. The molecule has 0 radical (unpaired) electrons. The lowest BCUT2D eigenvalue weighted by atomic mass is 9.97. The first-order valence-electron chi connectivity index (χ1n) is 8.82. The number of aryl methyl sites for hydroxylation is 1. The predicted molar refractivity (Wildman–Crippen MR) is 112 cm³/mol. The molecule has 2 heterocycles. The van der Waals surface area contributed by atoms with Gasteiger partial charge in [0.25, 0.3) is 0 Å². The van der Waals surface area contributed by atoms with Gasteiger partial charge in [0.15, 0.2) is 5.13 Å². The maximum atomic E-state index is 12.6. The molecule has 0 saturated carbocycles. The zero-order chi connectivity index (χ0) is 19.6. The highest BCUT2D eigenvalue weighted by molar-refractivity contribution is 9.10. The van der Waals surface area contributed by atoms with Crippen molar-refractivity contribution in [3.05, 3.63) is 33.6 Å². The summed E-state index contributed by atoms with van der Waals surface area (Å²) in [6.45, 7) is 4.42. The van der Waals surface area contributed by atoms with E-state index in [-0.39, 0.29) is 17.6 Å². The summed E-state index contributed by atoms with van der Waals surface area (Å²) in [7, 11) is -3.18. The molecule has 1 N–H and O–H groups in total. The number of hydrogen-bond acceptors (Lipinski definition) is 5. The molecule has 0 aliphatic carbocycles. The van der Waals surface area contributed by atoms with Crippen LogP contribution in [0.1, 0.15) is 24.6 Å². The molecule has 1 aliphatic heterocycles. The summed E-state index contributed by atoms with van der Waals surface area (Å²) >= 11 is 4.88. The zero-order valence-electron chi connectivity index (χ0n) is 15.2. The number of hydrogen-bond donors (Lipinski definition) is 1. The van der Waals surface area contributed by atoms with E-state index in [4.69, 9.17) is 0 Å². The highest BCUT2D eigenvalue weighted by Crippen LogP contribution is 2.32. The molecular weight excluding hydrogens is 450 g/mol. The van der Waals surface area contributed by atoms with Crippen LogP contribution >= 0.6 is 27.3 Å². The fourth-order valence-corrected chi connectivity index (χ4v) is 5.35. The second kappa shape index (κ2) is 8.38. The molecule has 2 aromatic rings. The molecule has 1 amide bonds. The number of carbonyl (C=O) groups excluding carboxylic acids is 1. The molecule has 6 nitrogen and oxygen atoms in total. The van der Waals surface area contributed by atoms with Gasteiger partial charge in [0.05, 0.1) is 11.4 Å². The van der Waals surface area contributed by atoms with Crippen molar-refractivity contribution in [3.8, 4) is 11.3 Å². The lowest BCUT2D eigenvalue weighted by Gasteiger charge is -2.30. The number of amides is 1. The summed E-state index contributed by atoms with van der Waals surface area (Å²) in [6, 6.07) is 7.90. The second-order valence-corrected chi connectivity index (χ2v) is 10.9. The van der Waals surface area contributed by atoms with Crippen LogP contribution in [0.5, 0.6) is 0 Å². The van der Waals surface area contributed by atoms with Gasteiger partial charge in [-0.05, 0) is 38.8 Å². The van der Waals surface area contributed by atoms with Gasteiger partial charge < -0.3 is 5.32 Å². The molecule has 1 aromatic heterocycles. The lowest BCUT2D eigenvalue weighted by molar-refractivity contribution is -0.120. The van der Waals surface area contributed by atoms with Gasteiger partial charge in [0, 0.05) is 33.9 Å². The van der Waals surface area contributed by atoms with Gasteiger partial charge in [-0.25, -0.2) is 17.7 Å². The van der Waals surface area contributed by atoms with Crippen LogP contribution in [-0.2, 0) is 14.8 Å². The van der Waals surface area contributed by atoms with E-state index in [1.165, 1.54) is 15.6 Å². The van der Waals surface area contributed by atoms with E-state index in [1.807, 2.05) is 31.2 Å². The van der Waals surface area contributed by atoms with Crippen molar-refractivity contribution in [1.82, 2.24) is 9.29 Å². The van der Waals surface area contributed by atoms with Crippen molar-refractivity contribution in [2.24, 2.45) is 5.92 Å². The number of thiazole rings is 1. The minimum atomic E-state index is -3.18. The van der Waals surface area contributed by atoms with Gasteiger partial charge in [-0.3, -0.25) is 4.79 Å². The molecule has 27 heavy (non-hydrogen) atoms.